The third kappa shape index (κ3) is 3.39. The van der Waals surface area contributed by atoms with Crippen LogP contribution in [0.3, 0.4) is 0 Å². The first kappa shape index (κ1) is 16.0. The van der Waals surface area contributed by atoms with Gasteiger partial charge in [0.15, 0.2) is 0 Å². The first-order chi connectivity index (χ1) is 11.1. The zero-order chi connectivity index (χ0) is 16.4. The molecule has 1 unspecified atom stereocenters. The fourth-order valence-electron chi connectivity index (χ4n) is 3.53. The van der Waals surface area contributed by atoms with E-state index in [9.17, 15) is 4.39 Å². The first-order valence-electron chi connectivity index (χ1n) is 8.12. The molecule has 0 N–H and O–H groups in total. The summed E-state index contributed by atoms with van der Waals surface area (Å²) in [6.45, 7) is 4.49. The third-order valence-corrected chi connectivity index (χ3v) is 4.58. The molecule has 0 spiro atoms. The quantitative estimate of drug-likeness (QED) is 0.867. The van der Waals surface area contributed by atoms with Gasteiger partial charge in [-0.05, 0) is 38.4 Å². The number of benzene rings is 1. The van der Waals surface area contributed by atoms with Gasteiger partial charge in [0, 0.05) is 37.8 Å². The third-order valence-electron chi connectivity index (χ3n) is 4.58. The summed E-state index contributed by atoms with van der Waals surface area (Å²) in [5, 5.41) is 0. The van der Waals surface area contributed by atoms with Crippen LogP contribution in [0.4, 0.5) is 4.39 Å². The van der Waals surface area contributed by atoms with E-state index in [1.807, 2.05) is 20.0 Å². The molecule has 0 saturated carbocycles. The molecule has 1 fully saturated rings. The summed E-state index contributed by atoms with van der Waals surface area (Å²) in [6, 6.07) is 5.01. The van der Waals surface area contributed by atoms with E-state index in [0.717, 1.165) is 37.4 Å². The predicted molar refractivity (Wildman–Crippen MR) is 88.1 cm³/mol. The van der Waals surface area contributed by atoms with E-state index in [1.165, 1.54) is 6.07 Å². The monoisotopic (exact) mass is 317 g/mol. The van der Waals surface area contributed by atoms with Crippen molar-refractivity contribution >= 4 is 0 Å². The highest BCUT2D eigenvalue weighted by molar-refractivity contribution is 5.34. The topological polar surface area (TPSA) is 30.3 Å². The number of ether oxygens (including phenoxy) is 1. The van der Waals surface area contributed by atoms with Crippen LogP contribution in [0.2, 0.25) is 0 Å². The maximum atomic E-state index is 14.2. The molecule has 23 heavy (non-hydrogen) atoms. The number of hydrogen-bond acceptors (Lipinski definition) is 3. The second-order valence-electron chi connectivity index (χ2n) is 6.35. The van der Waals surface area contributed by atoms with Crippen LogP contribution in [0.5, 0.6) is 5.75 Å². The van der Waals surface area contributed by atoms with Gasteiger partial charge in [-0.15, -0.1) is 0 Å². The van der Waals surface area contributed by atoms with Crippen molar-refractivity contribution in [1.29, 1.82) is 0 Å². The van der Waals surface area contributed by atoms with Gasteiger partial charge in [0.25, 0.3) is 0 Å². The molecule has 0 aliphatic carbocycles. The second kappa shape index (κ2) is 6.71. The number of halogens is 1. The first-order valence-corrected chi connectivity index (χ1v) is 8.12. The summed E-state index contributed by atoms with van der Waals surface area (Å²) in [5.74, 6) is 1.96. The average Bonchev–Trinajstić information content (AvgIpc) is 2.88. The molecule has 4 nitrogen and oxygen atoms in total. The van der Waals surface area contributed by atoms with Crippen molar-refractivity contribution in [2.24, 2.45) is 7.05 Å². The lowest BCUT2D eigenvalue weighted by atomic mass is 9.96. The Labute approximate surface area is 136 Å². The van der Waals surface area contributed by atoms with Crippen LogP contribution in [0.25, 0.3) is 0 Å². The van der Waals surface area contributed by atoms with Crippen LogP contribution in [0.1, 0.15) is 35.8 Å². The van der Waals surface area contributed by atoms with E-state index in [0.29, 0.717) is 23.8 Å². The minimum atomic E-state index is -0.195. The molecule has 124 valence electrons. The van der Waals surface area contributed by atoms with Gasteiger partial charge in [-0.1, -0.05) is 6.07 Å². The molecule has 1 aliphatic heterocycles. The molecule has 1 aromatic heterocycles. The van der Waals surface area contributed by atoms with Crippen LogP contribution in [-0.2, 0) is 13.6 Å². The van der Waals surface area contributed by atoms with E-state index in [4.69, 9.17) is 4.74 Å². The minimum Gasteiger partial charge on any atom is -0.496 e. The second-order valence-corrected chi connectivity index (χ2v) is 6.35. The lowest BCUT2D eigenvalue weighted by Crippen LogP contribution is -2.35. The number of rotatable bonds is 4. The molecule has 1 aliphatic rings. The van der Waals surface area contributed by atoms with E-state index < -0.39 is 0 Å². The normalized spacial score (nSPS) is 19.0. The van der Waals surface area contributed by atoms with Gasteiger partial charge < -0.3 is 9.30 Å². The lowest BCUT2D eigenvalue weighted by Gasteiger charge is -2.32. The lowest BCUT2D eigenvalue weighted by molar-refractivity contribution is 0.191. The summed E-state index contributed by atoms with van der Waals surface area (Å²) < 4.78 is 21.6. The number of aromatic nitrogens is 2. The van der Waals surface area contributed by atoms with E-state index in [2.05, 4.69) is 20.6 Å². The molecule has 1 aromatic carbocycles. The van der Waals surface area contributed by atoms with Gasteiger partial charge >= 0.3 is 0 Å². The van der Waals surface area contributed by atoms with Crippen molar-refractivity contribution < 1.29 is 9.13 Å². The van der Waals surface area contributed by atoms with Gasteiger partial charge in [-0.3, -0.25) is 4.90 Å². The van der Waals surface area contributed by atoms with Gasteiger partial charge in [0.2, 0.25) is 0 Å². The number of aryl methyl sites for hydroxylation is 2. The Balaban J connectivity index is 1.76. The molecular weight excluding hydrogens is 293 g/mol. The zero-order valence-electron chi connectivity index (χ0n) is 14.1. The molecular formula is C18H24FN3O. The van der Waals surface area contributed by atoms with Crippen LogP contribution < -0.4 is 4.74 Å². The maximum Gasteiger partial charge on any atom is 0.131 e. The van der Waals surface area contributed by atoms with Crippen LogP contribution in [0.15, 0.2) is 24.4 Å². The fraction of sp³-hybridized carbons (Fsp3) is 0.500. The van der Waals surface area contributed by atoms with E-state index in [1.54, 1.807) is 13.2 Å². The van der Waals surface area contributed by atoms with Crippen LogP contribution in [-0.4, -0.2) is 34.7 Å². The Morgan fingerprint density at radius 1 is 1.39 bits per heavy atom. The maximum absolute atomic E-state index is 14.2. The minimum absolute atomic E-state index is 0.195. The summed E-state index contributed by atoms with van der Waals surface area (Å²) in [4.78, 5) is 6.97. The molecule has 0 bridgehead atoms. The number of nitrogens with zero attached hydrogens (tertiary/aromatic N) is 3. The van der Waals surface area contributed by atoms with Crippen molar-refractivity contribution in [3.63, 3.8) is 0 Å². The molecule has 1 atom stereocenters. The van der Waals surface area contributed by atoms with Crippen molar-refractivity contribution in [2.75, 3.05) is 20.2 Å². The van der Waals surface area contributed by atoms with E-state index in [-0.39, 0.29) is 5.82 Å². The van der Waals surface area contributed by atoms with Crippen molar-refractivity contribution in [1.82, 2.24) is 14.5 Å². The van der Waals surface area contributed by atoms with Gasteiger partial charge in [-0.2, -0.15) is 0 Å². The van der Waals surface area contributed by atoms with Crippen LogP contribution >= 0.6 is 0 Å². The SMILES string of the molecule is COc1cccc(F)c1CN1CCCC(c2nc(C)cn2C)C1. The zero-order valence-corrected chi connectivity index (χ0v) is 14.1. The standard InChI is InChI=1S/C18H24FN3O/c1-13-10-21(2)18(20-13)14-6-5-9-22(11-14)12-15-16(19)7-4-8-17(15)23-3/h4,7-8,10,14H,5-6,9,11-12H2,1-3H3. The summed E-state index contributed by atoms with van der Waals surface area (Å²) >= 11 is 0. The van der Waals surface area contributed by atoms with Crippen molar-refractivity contribution in [3.8, 4) is 5.75 Å². The van der Waals surface area contributed by atoms with Gasteiger partial charge in [0.1, 0.15) is 17.4 Å². The Morgan fingerprint density at radius 3 is 2.91 bits per heavy atom. The molecule has 0 amide bonds. The van der Waals surface area contributed by atoms with Crippen molar-refractivity contribution in [3.05, 3.63) is 47.3 Å². The molecule has 0 radical (unpaired) electrons. The van der Waals surface area contributed by atoms with E-state index >= 15 is 0 Å². The Bertz CT molecular complexity index is 683. The Morgan fingerprint density at radius 2 is 2.22 bits per heavy atom. The highest BCUT2D eigenvalue weighted by Crippen LogP contribution is 2.29. The Kier molecular flexibility index (Phi) is 4.66. The molecule has 2 aromatic rings. The fourth-order valence-corrected chi connectivity index (χ4v) is 3.53. The molecule has 2 heterocycles. The molecule has 1 saturated heterocycles. The Hall–Kier alpha value is -1.88. The highest BCUT2D eigenvalue weighted by Gasteiger charge is 2.25. The number of imidazole rings is 1. The summed E-state index contributed by atoms with van der Waals surface area (Å²) in [5.41, 5.74) is 1.70. The number of piperidine rings is 1. The summed E-state index contributed by atoms with van der Waals surface area (Å²) in [6.07, 6.45) is 4.30. The average molecular weight is 317 g/mol. The largest absolute Gasteiger partial charge is 0.496 e. The molecule has 3 rings (SSSR count). The number of hydrogen-bond donors (Lipinski definition) is 0. The highest BCUT2D eigenvalue weighted by atomic mass is 19.1. The molecule has 5 heteroatoms. The van der Waals surface area contributed by atoms with Gasteiger partial charge in [-0.25, -0.2) is 9.37 Å². The predicted octanol–water partition coefficient (Wildman–Crippen LogP) is 3.26. The number of likely N-dealkylation sites (tertiary alicyclic amines) is 1. The summed E-state index contributed by atoms with van der Waals surface area (Å²) in [7, 11) is 3.64. The smallest absolute Gasteiger partial charge is 0.131 e. The van der Waals surface area contributed by atoms with Crippen molar-refractivity contribution in [2.45, 2.75) is 32.2 Å². The van der Waals surface area contributed by atoms with Crippen LogP contribution in [0, 0.1) is 12.7 Å². The van der Waals surface area contributed by atoms with Gasteiger partial charge in [0.05, 0.1) is 12.8 Å². The number of methoxy groups -OCH3 is 1.